The summed E-state index contributed by atoms with van der Waals surface area (Å²) in [5, 5.41) is 121. The first-order valence-electron chi connectivity index (χ1n) is 42.5. The third-order valence-corrected chi connectivity index (χ3v) is 21.1. The van der Waals surface area contributed by atoms with Crippen LogP contribution in [0.2, 0.25) is 0 Å². The molecule has 3 aliphatic rings. The molecule has 0 spiro atoms. The number of aliphatic hydroxyl groups is 11. The van der Waals surface area contributed by atoms with Gasteiger partial charge in [0.15, 0.2) is 18.9 Å². The molecule has 19 nitrogen and oxygen atoms in total. The zero-order valence-corrected chi connectivity index (χ0v) is 65.3. The molecule has 608 valence electrons. The Kier molecular flexibility index (Phi) is 60.0. The predicted molar refractivity (Wildman–Crippen MR) is 415 cm³/mol. The summed E-state index contributed by atoms with van der Waals surface area (Å²) in [5.74, 6) is -0.271. The highest BCUT2D eigenvalue weighted by Crippen LogP contribution is 2.33. The summed E-state index contributed by atoms with van der Waals surface area (Å²) in [6.45, 7) is 1.68. The van der Waals surface area contributed by atoms with Crippen molar-refractivity contribution < 1.29 is 89.4 Å². The average molecular weight is 1480 g/mol. The summed E-state index contributed by atoms with van der Waals surface area (Å²) in [6, 6.07) is -0.976. The Morgan fingerprint density at radius 2 is 0.663 bits per heavy atom. The summed E-state index contributed by atoms with van der Waals surface area (Å²) in [4.78, 5) is 13.5. The second kappa shape index (κ2) is 65.2. The van der Waals surface area contributed by atoms with Gasteiger partial charge in [0, 0.05) is 6.42 Å². The molecule has 0 aromatic heterocycles. The molecule has 19 heteroatoms. The second-order valence-corrected chi connectivity index (χ2v) is 30.3. The summed E-state index contributed by atoms with van der Waals surface area (Å²) >= 11 is 0. The Bertz CT molecular complexity index is 2110. The van der Waals surface area contributed by atoms with Crippen LogP contribution in [0, 0.1) is 0 Å². The maximum atomic E-state index is 13.5. The van der Waals surface area contributed by atoms with E-state index in [0.29, 0.717) is 6.42 Å². The van der Waals surface area contributed by atoms with Gasteiger partial charge in [0.1, 0.15) is 73.2 Å². The lowest BCUT2D eigenvalue weighted by Gasteiger charge is -2.48. The van der Waals surface area contributed by atoms with Crippen molar-refractivity contribution in [3.8, 4) is 0 Å². The number of allylic oxidation sites excluding steroid dienone is 9. The third kappa shape index (κ3) is 44.4. The molecule has 17 atom stereocenters. The molecule has 3 fully saturated rings. The van der Waals surface area contributed by atoms with E-state index in [1.54, 1.807) is 6.08 Å². The molecule has 104 heavy (non-hydrogen) atoms. The van der Waals surface area contributed by atoms with E-state index in [4.69, 9.17) is 28.4 Å². The van der Waals surface area contributed by atoms with E-state index >= 15 is 0 Å². The maximum Gasteiger partial charge on any atom is 0.220 e. The van der Waals surface area contributed by atoms with Crippen LogP contribution >= 0.6 is 0 Å². The van der Waals surface area contributed by atoms with Gasteiger partial charge in [-0.2, -0.15) is 0 Å². The first-order valence-corrected chi connectivity index (χ1v) is 42.5. The van der Waals surface area contributed by atoms with Crippen molar-refractivity contribution in [1.82, 2.24) is 5.32 Å². The van der Waals surface area contributed by atoms with Crippen molar-refractivity contribution >= 4 is 5.91 Å². The summed E-state index contributed by atoms with van der Waals surface area (Å²) in [7, 11) is 0. The lowest BCUT2D eigenvalue weighted by atomic mass is 9.96. The molecule has 3 saturated heterocycles. The number of amides is 1. The molecule has 0 bridgehead atoms. The normalized spacial score (nSPS) is 26.2. The van der Waals surface area contributed by atoms with Gasteiger partial charge in [0.2, 0.25) is 5.91 Å². The van der Waals surface area contributed by atoms with E-state index in [1.807, 2.05) is 6.08 Å². The summed E-state index contributed by atoms with van der Waals surface area (Å²) < 4.78 is 34.5. The highest BCUT2D eigenvalue weighted by Gasteiger charge is 2.54. The summed E-state index contributed by atoms with van der Waals surface area (Å²) in [5.41, 5.74) is 0. The van der Waals surface area contributed by atoms with Crippen LogP contribution in [0.25, 0.3) is 0 Å². The molecular formula is C85H155NO18. The fourth-order valence-electron chi connectivity index (χ4n) is 14.3. The van der Waals surface area contributed by atoms with Crippen LogP contribution in [0.5, 0.6) is 0 Å². The second-order valence-electron chi connectivity index (χ2n) is 30.3. The minimum atomic E-state index is -1.98. The van der Waals surface area contributed by atoms with E-state index < -0.39 is 124 Å². The van der Waals surface area contributed by atoms with Gasteiger partial charge in [-0.15, -0.1) is 0 Å². The lowest BCUT2D eigenvalue weighted by molar-refractivity contribution is -0.379. The molecule has 0 aliphatic carbocycles. The first-order chi connectivity index (χ1) is 50.8. The van der Waals surface area contributed by atoms with Crippen LogP contribution < -0.4 is 5.32 Å². The SMILES string of the molecule is CC/C=C\C/C=C\C/C=C\C/C=C\CCCCCCCCCCCCCCCCCCCCC(=O)NC(COC1OC(CO)C(OC2OC(CO)C(OC3OC(CO)C(O)C(O)C3O)C(O)C2O)C(O)C1O)C(O)/C=C/CCCCCCCCCCCCCCCCCCCCCCCCCCCC. The smallest absolute Gasteiger partial charge is 0.220 e. The molecule has 0 radical (unpaired) electrons. The third-order valence-electron chi connectivity index (χ3n) is 21.1. The Labute approximate surface area is 630 Å². The lowest BCUT2D eigenvalue weighted by Crippen LogP contribution is -2.66. The average Bonchev–Trinajstić information content (AvgIpc) is 0.783. The number of carbonyl (C=O) groups excluding carboxylic acids is 1. The molecule has 3 aliphatic heterocycles. The van der Waals surface area contributed by atoms with Crippen molar-refractivity contribution in [3.63, 3.8) is 0 Å². The van der Waals surface area contributed by atoms with Gasteiger partial charge in [0.05, 0.1) is 38.6 Å². The van der Waals surface area contributed by atoms with Gasteiger partial charge in [-0.1, -0.05) is 338 Å². The minimum absolute atomic E-state index is 0.244. The van der Waals surface area contributed by atoms with Crippen LogP contribution in [0.3, 0.4) is 0 Å². The van der Waals surface area contributed by atoms with Crippen LogP contribution in [0.1, 0.15) is 341 Å². The Morgan fingerprint density at radius 1 is 0.356 bits per heavy atom. The monoisotopic (exact) mass is 1480 g/mol. The fraction of sp³-hybridized carbons (Fsp3) is 0.871. The van der Waals surface area contributed by atoms with Gasteiger partial charge in [-0.05, 0) is 57.8 Å². The highest BCUT2D eigenvalue weighted by molar-refractivity contribution is 5.76. The van der Waals surface area contributed by atoms with Gasteiger partial charge in [-0.3, -0.25) is 4.79 Å². The number of hydrogen-bond donors (Lipinski definition) is 12. The number of carbonyl (C=O) groups is 1. The van der Waals surface area contributed by atoms with E-state index in [-0.39, 0.29) is 18.9 Å². The number of rotatable bonds is 68. The molecule has 0 saturated carbocycles. The van der Waals surface area contributed by atoms with E-state index in [2.05, 4.69) is 67.8 Å². The van der Waals surface area contributed by atoms with Crippen molar-refractivity contribution in [2.24, 2.45) is 0 Å². The number of ether oxygens (including phenoxy) is 6. The Balaban J connectivity index is 1.35. The molecule has 0 aromatic rings. The summed E-state index contributed by atoms with van der Waals surface area (Å²) in [6.07, 6.45) is 57.8. The molecule has 17 unspecified atom stereocenters. The van der Waals surface area contributed by atoms with Crippen molar-refractivity contribution in [1.29, 1.82) is 0 Å². The number of aliphatic hydroxyl groups excluding tert-OH is 11. The highest BCUT2D eigenvalue weighted by atomic mass is 16.8. The predicted octanol–water partition coefficient (Wildman–Crippen LogP) is 15.0. The minimum Gasteiger partial charge on any atom is -0.394 e. The van der Waals surface area contributed by atoms with E-state index in [9.17, 15) is 61.0 Å². The maximum absolute atomic E-state index is 13.5. The zero-order chi connectivity index (χ0) is 75.3. The van der Waals surface area contributed by atoms with Crippen LogP contribution in [-0.4, -0.2) is 193 Å². The Morgan fingerprint density at radius 3 is 1.04 bits per heavy atom. The van der Waals surface area contributed by atoms with Crippen LogP contribution in [-0.2, 0) is 33.2 Å². The van der Waals surface area contributed by atoms with E-state index in [0.717, 1.165) is 70.6 Å². The van der Waals surface area contributed by atoms with Gasteiger partial charge in [0.25, 0.3) is 0 Å². The quantitative estimate of drug-likeness (QED) is 0.0199. The van der Waals surface area contributed by atoms with Gasteiger partial charge < -0.3 is 89.9 Å². The van der Waals surface area contributed by atoms with Crippen LogP contribution in [0.4, 0.5) is 0 Å². The Hall–Kier alpha value is -2.51. The number of hydrogen-bond acceptors (Lipinski definition) is 18. The molecule has 3 rings (SSSR count). The van der Waals surface area contributed by atoms with Crippen LogP contribution in [0.15, 0.2) is 60.8 Å². The fourth-order valence-corrected chi connectivity index (χ4v) is 14.3. The van der Waals surface area contributed by atoms with Crippen molar-refractivity contribution in [3.05, 3.63) is 60.8 Å². The number of nitrogens with one attached hydrogen (secondary N) is 1. The molecule has 3 heterocycles. The zero-order valence-electron chi connectivity index (χ0n) is 65.3. The largest absolute Gasteiger partial charge is 0.394 e. The molecule has 1 amide bonds. The topological polar surface area (TPSA) is 307 Å². The van der Waals surface area contributed by atoms with E-state index in [1.165, 1.54) is 244 Å². The first kappa shape index (κ1) is 95.7. The van der Waals surface area contributed by atoms with Gasteiger partial charge in [-0.25, -0.2) is 0 Å². The molecule has 0 aromatic carbocycles. The van der Waals surface area contributed by atoms with Crippen molar-refractivity contribution in [2.45, 2.75) is 446 Å². The number of unbranched alkanes of at least 4 members (excludes halogenated alkanes) is 44. The molecule has 12 N–H and O–H groups in total. The molecular weight excluding hydrogens is 1320 g/mol. The van der Waals surface area contributed by atoms with Gasteiger partial charge >= 0.3 is 0 Å². The van der Waals surface area contributed by atoms with Crippen molar-refractivity contribution in [2.75, 3.05) is 26.4 Å². The standard InChI is InChI=1S/C85H155NO18/c1-3-5-7-9-11-13-15-17-19-21-23-25-27-29-31-33-34-35-37-39-41-43-45-47-49-51-53-55-57-59-61-63-73(91)86-68(69(90)62-60-58-56-54-52-50-48-46-44-42-40-38-36-32-30-28-26-24-22-20-18-16-14-12-10-8-6-4-2)67-99-83-79(97)76(94)81(71(65-88)101-83)104-85-80(98)77(95)82(72(66-89)102-85)103-84-78(96)75(93)74(92)70(64-87)100-84/h5,7,11,13,17,19,23,25,60,62,68-72,74-85,87-90,92-98H,3-4,6,8-10,12,14-16,18,20-22,24,26-59,61,63-67H2,1-2H3,(H,86,91)/b7-5-,13-11-,19-17-,25-23-,62-60+.